The summed E-state index contributed by atoms with van der Waals surface area (Å²) in [5, 5.41) is 0. The molecule has 1 rings (SSSR count). The Morgan fingerprint density at radius 3 is 2.58 bits per heavy atom. The van der Waals surface area contributed by atoms with Crippen LogP contribution in [0.3, 0.4) is 0 Å². The standard InChI is InChI=1S/C11H15Cl/c1-9-5-3-4-6-11(9)10(2)7-8-12/h3-6,10H,7-8H2,1-2H3. The van der Waals surface area contributed by atoms with Crippen molar-refractivity contribution in [1.82, 2.24) is 0 Å². The van der Waals surface area contributed by atoms with Crippen LogP contribution >= 0.6 is 11.6 Å². The second kappa shape index (κ2) is 4.51. The average Bonchev–Trinajstić information content (AvgIpc) is 2.05. The van der Waals surface area contributed by atoms with Gasteiger partial charge in [0.25, 0.3) is 0 Å². The molecule has 1 aromatic rings. The van der Waals surface area contributed by atoms with E-state index in [2.05, 4.69) is 38.1 Å². The van der Waals surface area contributed by atoms with Crippen molar-refractivity contribution in [2.75, 3.05) is 5.88 Å². The first-order chi connectivity index (χ1) is 5.75. The molecule has 0 aliphatic carbocycles. The lowest BCUT2D eigenvalue weighted by Crippen LogP contribution is -1.96. The van der Waals surface area contributed by atoms with Crippen LogP contribution in [0.1, 0.15) is 30.4 Å². The third-order valence-corrected chi connectivity index (χ3v) is 2.48. The Labute approximate surface area is 79.6 Å². The highest BCUT2D eigenvalue weighted by Gasteiger charge is 2.05. The second-order valence-corrected chi connectivity index (χ2v) is 3.61. The van der Waals surface area contributed by atoms with Crippen LogP contribution in [0.15, 0.2) is 24.3 Å². The molecule has 0 amide bonds. The van der Waals surface area contributed by atoms with Crippen LogP contribution in [-0.4, -0.2) is 5.88 Å². The highest BCUT2D eigenvalue weighted by atomic mass is 35.5. The molecule has 0 spiro atoms. The Balaban J connectivity index is 2.79. The van der Waals surface area contributed by atoms with Gasteiger partial charge in [-0.05, 0) is 30.4 Å². The number of hydrogen-bond donors (Lipinski definition) is 0. The lowest BCUT2D eigenvalue weighted by Gasteiger charge is -2.12. The molecule has 0 bridgehead atoms. The summed E-state index contributed by atoms with van der Waals surface area (Å²) in [5.74, 6) is 1.33. The summed E-state index contributed by atoms with van der Waals surface area (Å²) in [4.78, 5) is 0. The maximum atomic E-state index is 5.70. The number of halogens is 1. The minimum Gasteiger partial charge on any atom is -0.127 e. The van der Waals surface area contributed by atoms with Crippen molar-refractivity contribution in [3.05, 3.63) is 35.4 Å². The molecule has 0 radical (unpaired) electrons. The highest BCUT2D eigenvalue weighted by molar-refractivity contribution is 6.17. The van der Waals surface area contributed by atoms with E-state index in [-0.39, 0.29) is 0 Å². The molecule has 0 saturated heterocycles. The topological polar surface area (TPSA) is 0 Å². The molecule has 1 heteroatoms. The van der Waals surface area contributed by atoms with Gasteiger partial charge in [0.15, 0.2) is 0 Å². The molecule has 0 nitrogen and oxygen atoms in total. The Morgan fingerprint density at radius 2 is 2.00 bits per heavy atom. The highest BCUT2D eigenvalue weighted by Crippen LogP contribution is 2.22. The first-order valence-electron chi connectivity index (χ1n) is 4.37. The molecule has 0 heterocycles. The van der Waals surface area contributed by atoms with Gasteiger partial charge in [-0.3, -0.25) is 0 Å². The van der Waals surface area contributed by atoms with Gasteiger partial charge >= 0.3 is 0 Å². The lowest BCUT2D eigenvalue weighted by atomic mass is 9.95. The first-order valence-corrected chi connectivity index (χ1v) is 4.90. The quantitative estimate of drug-likeness (QED) is 0.625. The number of aryl methyl sites for hydroxylation is 1. The maximum Gasteiger partial charge on any atom is 0.0229 e. The van der Waals surface area contributed by atoms with Gasteiger partial charge in [-0.2, -0.15) is 0 Å². The predicted molar refractivity (Wildman–Crippen MR) is 54.9 cm³/mol. The molecular formula is C11H15Cl. The molecule has 1 atom stereocenters. The summed E-state index contributed by atoms with van der Waals surface area (Å²) in [6.07, 6.45) is 1.06. The smallest absolute Gasteiger partial charge is 0.0229 e. The molecule has 0 N–H and O–H groups in total. The van der Waals surface area contributed by atoms with E-state index in [9.17, 15) is 0 Å². The van der Waals surface area contributed by atoms with E-state index < -0.39 is 0 Å². The SMILES string of the molecule is Cc1ccccc1C(C)CCCl. The summed E-state index contributed by atoms with van der Waals surface area (Å²) in [5.41, 5.74) is 2.80. The zero-order valence-electron chi connectivity index (χ0n) is 7.68. The largest absolute Gasteiger partial charge is 0.127 e. The normalized spacial score (nSPS) is 12.9. The summed E-state index contributed by atoms with van der Waals surface area (Å²) < 4.78 is 0. The van der Waals surface area contributed by atoms with Gasteiger partial charge in [0.1, 0.15) is 0 Å². The van der Waals surface area contributed by atoms with E-state index in [1.807, 2.05) is 0 Å². The molecule has 0 aliphatic heterocycles. The van der Waals surface area contributed by atoms with E-state index >= 15 is 0 Å². The number of hydrogen-bond acceptors (Lipinski definition) is 0. The van der Waals surface area contributed by atoms with E-state index in [0.29, 0.717) is 5.92 Å². The second-order valence-electron chi connectivity index (χ2n) is 3.24. The van der Waals surface area contributed by atoms with Crippen LogP contribution in [-0.2, 0) is 0 Å². The van der Waals surface area contributed by atoms with Crippen molar-refractivity contribution >= 4 is 11.6 Å². The third-order valence-electron chi connectivity index (χ3n) is 2.26. The zero-order chi connectivity index (χ0) is 8.97. The fourth-order valence-corrected chi connectivity index (χ4v) is 1.79. The molecule has 12 heavy (non-hydrogen) atoms. The van der Waals surface area contributed by atoms with Gasteiger partial charge in [0.05, 0.1) is 0 Å². The molecule has 66 valence electrons. The maximum absolute atomic E-state index is 5.70. The first kappa shape index (κ1) is 9.60. The van der Waals surface area contributed by atoms with E-state index in [0.717, 1.165) is 12.3 Å². The number of benzene rings is 1. The zero-order valence-corrected chi connectivity index (χ0v) is 8.43. The van der Waals surface area contributed by atoms with Crippen LogP contribution in [0.2, 0.25) is 0 Å². The third kappa shape index (κ3) is 2.25. The summed E-state index contributed by atoms with van der Waals surface area (Å²) >= 11 is 5.70. The Bertz CT molecular complexity index is 243. The van der Waals surface area contributed by atoms with E-state index in [4.69, 9.17) is 11.6 Å². The van der Waals surface area contributed by atoms with Crippen molar-refractivity contribution in [2.45, 2.75) is 26.2 Å². The van der Waals surface area contributed by atoms with Crippen molar-refractivity contribution in [3.63, 3.8) is 0 Å². The van der Waals surface area contributed by atoms with Crippen LogP contribution in [0, 0.1) is 6.92 Å². The van der Waals surface area contributed by atoms with Gasteiger partial charge in [0.2, 0.25) is 0 Å². The fraction of sp³-hybridized carbons (Fsp3) is 0.455. The fourth-order valence-electron chi connectivity index (χ4n) is 1.46. The van der Waals surface area contributed by atoms with Gasteiger partial charge < -0.3 is 0 Å². The Morgan fingerprint density at radius 1 is 1.33 bits per heavy atom. The Kier molecular flexibility index (Phi) is 3.61. The number of alkyl halides is 1. The van der Waals surface area contributed by atoms with Crippen LogP contribution in [0.25, 0.3) is 0 Å². The summed E-state index contributed by atoms with van der Waals surface area (Å²) in [6.45, 7) is 4.38. The van der Waals surface area contributed by atoms with Gasteiger partial charge in [-0.15, -0.1) is 11.6 Å². The van der Waals surface area contributed by atoms with Gasteiger partial charge in [-0.25, -0.2) is 0 Å². The van der Waals surface area contributed by atoms with E-state index in [1.165, 1.54) is 11.1 Å². The van der Waals surface area contributed by atoms with E-state index in [1.54, 1.807) is 0 Å². The monoisotopic (exact) mass is 182 g/mol. The van der Waals surface area contributed by atoms with Gasteiger partial charge in [-0.1, -0.05) is 31.2 Å². The molecule has 0 fully saturated rings. The van der Waals surface area contributed by atoms with Crippen molar-refractivity contribution < 1.29 is 0 Å². The number of rotatable bonds is 3. The predicted octanol–water partition coefficient (Wildman–Crippen LogP) is 3.73. The minimum atomic E-state index is 0.587. The molecule has 1 unspecified atom stereocenters. The molecular weight excluding hydrogens is 168 g/mol. The Hall–Kier alpha value is -0.490. The molecule has 0 aromatic heterocycles. The van der Waals surface area contributed by atoms with Crippen LogP contribution in [0.5, 0.6) is 0 Å². The molecule has 0 saturated carbocycles. The summed E-state index contributed by atoms with van der Waals surface area (Å²) in [6, 6.07) is 8.51. The van der Waals surface area contributed by atoms with Gasteiger partial charge in [0, 0.05) is 5.88 Å². The van der Waals surface area contributed by atoms with Crippen LogP contribution < -0.4 is 0 Å². The summed E-state index contributed by atoms with van der Waals surface area (Å²) in [7, 11) is 0. The van der Waals surface area contributed by atoms with Crippen molar-refractivity contribution in [3.8, 4) is 0 Å². The van der Waals surface area contributed by atoms with Crippen LogP contribution in [0.4, 0.5) is 0 Å². The minimum absolute atomic E-state index is 0.587. The van der Waals surface area contributed by atoms with Crippen molar-refractivity contribution in [1.29, 1.82) is 0 Å². The average molecular weight is 183 g/mol. The lowest BCUT2D eigenvalue weighted by molar-refractivity contribution is 0.733. The van der Waals surface area contributed by atoms with Crippen molar-refractivity contribution in [2.24, 2.45) is 0 Å². The molecule has 1 aromatic carbocycles. The molecule has 0 aliphatic rings.